The van der Waals surface area contributed by atoms with Gasteiger partial charge in [0.05, 0.1) is 15.8 Å². The minimum atomic E-state index is -3.87. The van der Waals surface area contributed by atoms with E-state index in [-0.39, 0.29) is 11.4 Å². The Labute approximate surface area is 206 Å². The lowest BCUT2D eigenvalue weighted by Gasteiger charge is -2.30. The lowest BCUT2D eigenvalue weighted by atomic mass is 9.84. The number of imide groups is 1. The minimum Gasteiger partial charge on any atom is -0.325 e. The summed E-state index contributed by atoms with van der Waals surface area (Å²) in [5.74, 6) is -2.61. The first-order valence-corrected chi connectivity index (χ1v) is 13.5. The van der Waals surface area contributed by atoms with Crippen molar-refractivity contribution in [3.05, 3.63) is 68.9 Å². The van der Waals surface area contributed by atoms with E-state index in [1.807, 2.05) is 0 Å². The van der Waals surface area contributed by atoms with E-state index >= 15 is 0 Å². The molecular formula is C21H17N5O6S3. The Bertz CT molecular complexity index is 1510. The molecule has 2 aliphatic heterocycles. The molecule has 2 aliphatic rings. The maximum atomic E-state index is 12.9. The number of nitrogens with two attached hydrogens (primary N) is 1. The lowest BCUT2D eigenvalue weighted by molar-refractivity contribution is -0.126. The predicted molar refractivity (Wildman–Crippen MR) is 127 cm³/mol. The molecule has 0 aliphatic carbocycles. The molecule has 11 nitrogen and oxygen atoms in total. The molecule has 0 spiro atoms. The molecular weight excluding hydrogens is 514 g/mol. The van der Waals surface area contributed by atoms with Crippen LogP contribution in [0.25, 0.3) is 0 Å². The van der Waals surface area contributed by atoms with Gasteiger partial charge in [0.2, 0.25) is 27.7 Å². The number of amides is 3. The number of sulfonamides is 1. The van der Waals surface area contributed by atoms with E-state index in [4.69, 9.17) is 5.14 Å². The third kappa shape index (κ3) is 4.29. The first-order chi connectivity index (χ1) is 16.6. The molecule has 180 valence electrons. The second-order valence-corrected chi connectivity index (χ2v) is 11.6. The number of primary sulfonamides is 1. The fourth-order valence-corrected chi connectivity index (χ4v) is 7.42. The smallest absolute Gasteiger partial charge is 0.308 e. The van der Waals surface area contributed by atoms with Gasteiger partial charge in [0, 0.05) is 28.9 Å². The van der Waals surface area contributed by atoms with Crippen molar-refractivity contribution in [1.82, 2.24) is 14.9 Å². The number of carbonyl (C=O) groups is 3. The van der Waals surface area contributed by atoms with Crippen LogP contribution in [0.3, 0.4) is 0 Å². The molecule has 14 heteroatoms. The summed E-state index contributed by atoms with van der Waals surface area (Å²) in [4.78, 5) is 55.0. The second-order valence-electron chi connectivity index (χ2n) is 7.92. The van der Waals surface area contributed by atoms with Crippen LogP contribution in [0.15, 0.2) is 63.5 Å². The number of thioether (sulfide) groups is 1. The highest BCUT2D eigenvalue weighted by Crippen LogP contribution is 2.51. The van der Waals surface area contributed by atoms with Crippen molar-refractivity contribution < 1.29 is 22.8 Å². The van der Waals surface area contributed by atoms with Gasteiger partial charge in [-0.15, -0.1) is 0 Å². The van der Waals surface area contributed by atoms with Crippen molar-refractivity contribution in [3.8, 4) is 0 Å². The molecule has 4 N–H and O–H groups in total. The zero-order valence-electron chi connectivity index (χ0n) is 17.7. The van der Waals surface area contributed by atoms with Crippen LogP contribution in [0.4, 0.5) is 5.69 Å². The van der Waals surface area contributed by atoms with E-state index in [0.29, 0.717) is 21.2 Å². The predicted octanol–water partition coefficient (Wildman–Crippen LogP) is 0.470. The van der Waals surface area contributed by atoms with Crippen molar-refractivity contribution in [2.45, 2.75) is 27.6 Å². The van der Waals surface area contributed by atoms with Crippen molar-refractivity contribution in [1.29, 1.82) is 0 Å². The minimum absolute atomic E-state index is 0.101. The van der Waals surface area contributed by atoms with Crippen LogP contribution >= 0.6 is 23.1 Å². The molecule has 3 amide bonds. The van der Waals surface area contributed by atoms with Gasteiger partial charge in [0.1, 0.15) is 11.8 Å². The second kappa shape index (κ2) is 8.71. The van der Waals surface area contributed by atoms with Gasteiger partial charge >= 0.3 is 4.87 Å². The van der Waals surface area contributed by atoms with Gasteiger partial charge in [0.25, 0.3) is 0 Å². The number of benzene rings is 1. The summed E-state index contributed by atoms with van der Waals surface area (Å²) in [6, 6.07) is 8.79. The first-order valence-electron chi connectivity index (χ1n) is 10.2. The summed E-state index contributed by atoms with van der Waals surface area (Å²) in [5, 5.41) is 9.79. The Morgan fingerprint density at radius 3 is 2.54 bits per heavy atom. The van der Waals surface area contributed by atoms with Gasteiger partial charge in [-0.05, 0) is 35.9 Å². The lowest BCUT2D eigenvalue weighted by Crippen LogP contribution is -2.32. The number of nitrogens with zero attached hydrogens (tertiary/aromatic N) is 2. The Kier molecular flexibility index (Phi) is 5.83. The maximum Gasteiger partial charge on any atom is 0.308 e. The maximum absolute atomic E-state index is 12.9. The molecule has 0 radical (unpaired) electrons. The number of hydrogen-bond donors (Lipinski definition) is 3. The van der Waals surface area contributed by atoms with E-state index in [2.05, 4.69) is 15.6 Å². The highest BCUT2D eigenvalue weighted by atomic mass is 32.2. The summed E-state index contributed by atoms with van der Waals surface area (Å²) < 4.78 is 24.1. The van der Waals surface area contributed by atoms with E-state index in [1.54, 1.807) is 24.5 Å². The fraction of sp³-hybridized carbons (Fsp3) is 0.190. The Balaban J connectivity index is 1.46. The van der Waals surface area contributed by atoms with Gasteiger partial charge in [-0.25, -0.2) is 13.6 Å². The van der Waals surface area contributed by atoms with Crippen LogP contribution in [0, 0.1) is 5.92 Å². The van der Waals surface area contributed by atoms with Gasteiger partial charge in [0.15, 0.2) is 0 Å². The zero-order valence-corrected chi connectivity index (χ0v) is 20.2. The monoisotopic (exact) mass is 531 g/mol. The number of anilines is 1. The third-order valence-electron chi connectivity index (χ3n) is 5.70. The average Bonchev–Trinajstić information content (AvgIpc) is 3.27. The molecule has 4 heterocycles. The van der Waals surface area contributed by atoms with Crippen molar-refractivity contribution in [3.63, 3.8) is 0 Å². The summed E-state index contributed by atoms with van der Waals surface area (Å²) >= 11 is 2.03. The number of aromatic nitrogens is 2. The zero-order chi connectivity index (χ0) is 24.9. The summed E-state index contributed by atoms with van der Waals surface area (Å²) in [7, 11) is -3.87. The Morgan fingerprint density at radius 1 is 1.14 bits per heavy atom. The molecule has 0 saturated carbocycles. The quantitative estimate of drug-likeness (QED) is 0.399. The molecule has 35 heavy (non-hydrogen) atoms. The first kappa shape index (κ1) is 23.4. The molecule has 1 saturated heterocycles. The summed E-state index contributed by atoms with van der Waals surface area (Å²) in [5.41, 5.74) is 1.02. The van der Waals surface area contributed by atoms with E-state index in [0.717, 1.165) is 23.1 Å². The highest BCUT2D eigenvalue weighted by molar-refractivity contribution is 8.00. The summed E-state index contributed by atoms with van der Waals surface area (Å²) in [6.07, 6.45) is 3.19. The van der Waals surface area contributed by atoms with Gasteiger partial charge in [-0.1, -0.05) is 29.2 Å². The third-order valence-corrected chi connectivity index (χ3v) is 9.24. The topological polar surface area (TPSA) is 170 Å². The normalized spacial score (nSPS) is 21.2. The molecule has 0 bridgehead atoms. The molecule has 3 unspecified atom stereocenters. The molecule has 3 aromatic rings. The van der Waals surface area contributed by atoms with Gasteiger partial charge in [-0.2, -0.15) is 0 Å². The molecule has 3 atom stereocenters. The number of rotatable bonds is 5. The number of hydrogen-bond acceptors (Lipinski definition) is 9. The van der Waals surface area contributed by atoms with Crippen molar-refractivity contribution in [2.75, 3.05) is 5.32 Å². The largest absolute Gasteiger partial charge is 0.325 e. The molecule has 1 aromatic carbocycles. The van der Waals surface area contributed by atoms with Gasteiger partial charge in [-0.3, -0.25) is 34.0 Å². The SMILES string of the molecule is NS(=O)(=O)c1ccc(NC(=O)Cn2c3c(sc2=O)C(c2cccnc2)C2C(=O)NC(=O)C2S3)cc1. The standard InChI is InChI=1S/C21H17N5O6S3/c22-35(31,32)12-5-3-11(4-6-12)24-13(27)9-26-20-17(34-21(26)30)14(10-2-1-7-23-8-10)15-16(33-20)19(29)25-18(15)28/h1-8,14-16H,9H2,(H,24,27)(H2,22,31,32)(H,25,28,29). The van der Waals surface area contributed by atoms with Crippen LogP contribution in [0.1, 0.15) is 16.4 Å². The number of thiazole rings is 1. The molecule has 5 rings (SSSR count). The molecule has 1 fully saturated rings. The van der Waals surface area contributed by atoms with E-state index in [1.165, 1.54) is 28.8 Å². The van der Waals surface area contributed by atoms with Crippen molar-refractivity contribution >= 4 is 56.5 Å². The highest BCUT2D eigenvalue weighted by Gasteiger charge is 2.52. The Morgan fingerprint density at radius 2 is 1.89 bits per heavy atom. The average molecular weight is 532 g/mol. The van der Waals surface area contributed by atoms with Crippen LogP contribution in [0.5, 0.6) is 0 Å². The molecule has 2 aromatic heterocycles. The Hall–Kier alpha value is -3.33. The van der Waals surface area contributed by atoms with Crippen LogP contribution in [-0.4, -0.2) is 40.9 Å². The fourth-order valence-electron chi connectivity index (χ4n) is 4.17. The van der Waals surface area contributed by atoms with Crippen LogP contribution in [-0.2, 0) is 31.0 Å². The van der Waals surface area contributed by atoms with Crippen LogP contribution in [0.2, 0.25) is 0 Å². The van der Waals surface area contributed by atoms with Crippen LogP contribution < -0.4 is 20.6 Å². The number of nitrogens with one attached hydrogen (secondary N) is 2. The van der Waals surface area contributed by atoms with Crippen molar-refractivity contribution in [2.24, 2.45) is 11.1 Å². The van der Waals surface area contributed by atoms with E-state index in [9.17, 15) is 27.6 Å². The number of fused-ring (bicyclic) bond motifs is 2. The summed E-state index contributed by atoms with van der Waals surface area (Å²) in [6.45, 7) is -0.332. The number of carbonyl (C=O) groups excluding carboxylic acids is 3. The van der Waals surface area contributed by atoms with Gasteiger partial charge < -0.3 is 5.32 Å². The van der Waals surface area contributed by atoms with E-state index < -0.39 is 49.7 Å². The number of pyridine rings is 1.